The van der Waals surface area contributed by atoms with Crippen molar-refractivity contribution in [2.75, 3.05) is 7.11 Å². The van der Waals surface area contributed by atoms with Crippen LogP contribution < -0.4 is 10.1 Å². The number of nitrogens with one attached hydrogen (secondary N) is 1. The Morgan fingerprint density at radius 3 is 2.74 bits per heavy atom. The van der Waals surface area contributed by atoms with E-state index in [4.69, 9.17) is 9.72 Å². The van der Waals surface area contributed by atoms with Gasteiger partial charge in [-0.05, 0) is 61.0 Å². The lowest BCUT2D eigenvalue weighted by molar-refractivity contribution is -0.121. The summed E-state index contributed by atoms with van der Waals surface area (Å²) in [5, 5.41) is 2.96. The molecule has 0 unspecified atom stereocenters. The van der Waals surface area contributed by atoms with Crippen LogP contribution in [-0.4, -0.2) is 22.4 Å². The van der Waals surface area contributed by atoms with Crippen molar-refractivity contribution in [2.45, 2.75) is 19.4 Å². The van der Waals surface area contributed by atoms with Crippen molar-refractivity contribution in [3.05, 3.63) is 88.4 Å². The zero-order valence-corrected chi connectivity index (χ0v) is 18.5. The highest BCUT2D eigenvalue weighted by molar-refractivity contribution is 9.10. The van der Waals surface area contributed by atoms with Gasteiger partial charge in [0.25, 0.3) is 0 Å². The molecule has 4 aromatic rings. The number of carbonyl (C=O) groups is 1. The number of nitrogens with zero attached hydrogens (tertiary/aromatic N) is 2. The van der Waals surface area contributed by atoms with Crippen molar-refractivity contribution in [1.82, 2.24) is 14.7 Å². The molecule has 5 nitrogen and oxygen atoms in total. The van der Waals surface area contributed by atoms with Gasteiger partial charge in [0, 0.05) is 34.8 Å². The first kappa shape index (κ1) is 21.1. The van der Waals surface area contributed by atoms with Crippen LogP contribution in [0.25, 0.3) is 16.9 Å². The van der Waals surface area contributed by atoms with Gasteiger partial charge in [0.2, 0.25) is 5.91 Å². The Morgan fingerprint density at radius 1 is 1.16 bits per heavy atom. The summed E-state index contributed by atoms with van der Waals surface area (Å²) in [5.41, 5.74) is 4.17. The van der Waals surface area contributed by atoms with Gasteiger partial charge in [0.15, 0.2) is 0 Å². The molecular weight excluding hydrogens is 461 g/mol. The van der Waals surface area contributed by atoms with Crippen LogP contribution in [0, 0.1) is 5.82 Å². The number of ether oxygens (including phenoxy) is 1. The zero-order chi connectivity index (χ0) is 21.8. The van der Waals surface area contributed by atoms with Crippen LogP contribution >= 0.6 is 15.9 Å². The summed E-state index contributed by atoms with van der Waals surface area (Å²) in [7, 11) is 1.61. The Balaban J connectivity index is 1.51. The van der Waals surface area contributed by atoms with Gasteiger partial charge in [-0.3, -0.25) is 4.79 Å². The maximum absolute atomic E-state index is 13.4. The van der Waals surface area contributed by atoms with Crippen LogP contribution in [-0.2, 0) is 17.8 Å². The number of benzene rings is 2. The monoisotopic (exact) mass is 481 g/mol. The fraction of sp³-hybridized carbons (Fsp3) is 0.167. The molecule has 0 radical (unpaired) electrons. The Kier molecular flexibility index (Phi) is 6.32. The van der Waals surface area contributed by atoms with E-state index < -0.39 is 0 Å². The minimum atomic E-state index is -0.295. The average Bonchev–Trinajstić information content (AvgIpc) is 3.15. The van der Waals surface area contributed by atoms with E-state index in [1.807, 2.05) is 47.0 Å². The van der Waals surface area contributed by atoms with E-state index in [-0.39, 0.29) is 11.7 Å². The van der Waals surface area contributed by atoms with Crippen molar-refractivity contribution >= 4 is 27.5 Å². The molecule has 2 aromatic carbocycles. The van der Waals surface area contributed by atoms with Crippen molar-refractivity contribution in [3.63, 3.8) is 0 Å². The zero-order valence-electron chi connectivity index (χ0n) is 16.9. The largest absolute Gasteiger partial charge is 0.496 e. The molecule has 7 heteroatoms. The highest BCUT2D eigenvalue weighted by atomic mass is 79.9. The second-order valence-corrected chi connectivity index (χ2v) is 7.99. The van der Waals surface area contributed by atoms with Gasteiger partial charge in [-0.1, -0.05) is 22.0 Å². The van der Waals surface area contributed by atoms with E-state index in [1.165, 1.54) is 12.1 Å². The molecule has 0 spiro atoms. The Morgan fingerprint density at radius 2 is 1.97 bits per heavy atom. The first-order chi connectivity index (χ1) is 15.0. The number of rotatable bonds is 7. The molecule has 0 atom stereocenters. The third kappa shape index (κ3) is 4.77. The number of methoxy groups -OCH3 is 1. The lowest BCUT2D eigenvalue weighted by Gasteiger charge is -2.11. The van der Waals surface area contributed by atoms with Crippen molar-refractivity contribution in [1.29, 1.82) is 0 Å². The maximum Gasteiger partial charge on any atom is 0.220 e. The molecule has 4 rings (SSSR count). The van der Waals surface area contributed by atoms with Gasteiger partial charge in [-0.2, -0.15) is 0 Å². The van der Waals surface area contributed by atoms with Crippen LogP contribution in [0.1, 0.15) is 17.7 Å². The summed E-state index contributed by atoms with van der Waals surface area (Å²) < 4.78 is 21.6. The van der Waals surface area contributed by atoms with E-state index >= 15 is 0 Å². The van der Waals surface area contributed by atoms with Gasteiger partial charge in [-0.15, -0.1) is 0 Å². The summed E-state index contributed by atoms with van der Waals surface area (Å²) in [6.07, 6.45) is 2.72. The Bertz CT molecular complexity index is 1220. The van der Waals surface area contributed by atoms with Gasteiger partial charge in [0.05, 0.1) is 18.5 Å². The molecule has 1 amide bonds. The standard InChI is InChI=1S/C24H21BrFN3O2/c1-31-21-11-7-18(25)14-17(21)15-27-23(30)12-10-20-24(16-5-8-19(26)9-6-16)28-22-4-2-3-13-29(20)22/h2-9,11,13-14H,10,12,15H2,1H3,(H,27,30). The number of aromatic nitrogens is 2. The van der Waals surface area contributed by atoms with Crippen LogP contribution in [0.2, 0.25) is 0 Å². The first-order valence-corrected chi connectivity index (χ1v) is 10.7. The maximum atomic E-state index is 13.4. The van der Waals surface area contributed by atoms with E-state index in [0.29, 0.717) is 19.4 Å². The molecular formula is C24H21BrFN3O2. The minimum Gasteiger partial charge on any atom is -0.496 e. The smallest absolute Gasteiger partial charge is 0.220 e. The molecule has 0 bridgehead atoms. The fourth-order valence-corrected chi connectivity index (χ4v) is 3.93. The topological polar surface area (TPSA) is 55.6 Å². The molecule has 0 aliphatic heterocycles. The highest BCUT2D eigenvalue weighted by Crippen LogP contribution is 2.26. The number of hydrogen-bond donors (Lipinski definition) is 1. The number of hydrogen-bond acceptors (Lipinski definition) is 3. The van der Waals surface area contributed by atoms with Gasteiger partial charge < -0.3 is 14.5 Å². The summed E-state index contributed by atoms with van der Waals surface area (Å²) in [6, 6.07) is 17.7. The number of imidazole rings is 1. The third-order valence-electron chi connectivity index (χ3n) is 5.05. The van der Waals surface area contributed by atoms with Gasteiger partial charge >= 0.3 is 0 Å². The summed E-state index contributed by atoms with van der Waals surface area (Å²) in [5.74, 6) is 0.360. The normalized spacial score (nSPS) is 10.9. The van der Waals surface area contributed by atoms with Crippen LogP contribution in [0.3, 0.4) is 0 Å². The average molecular weight is 482 g/mol. The second kappa shape index (κ2) is 9.31. The summed E-state index contributed by atoms with van der Waals surface area (Å²) in [4.78, 5) is 17.3. The lowest BCUT2D eigenvalue weighted by Crippen LogP contribution is -2.23. The number of carbonyl (C=O) groups excluding carboxylic acids is 1. The molecule has 0 fully saturated rings. The Hall–Kier alpha value is -3.19. The first-order valence-electron chi connectivity index (χ1n) is 9.86. The molecule has 0 aliphatic carbocycles. The fourth-order valence-electron chi connectivity index (χ4n) is 3.52. The number of halogens is 2. The van der Waals surface area contributed by atoms with Gasteiger partial charge in [-0.25, -0.2) is 9.37 Å². The number of aryl methyl sites for hydroxylation is 1. The minimum absolute atomic E-state index is 0.0713. The number of pyridine rings is 1. The quantitative estimate of drug-likeness (QED) is 0.396. The van der Waals surface area contributed by atoms with E-state index in [0.717, 1.165) is 38.4 Å². The SMILES string of the molecule is COc1ccc(Br)cc1CNC(=O)CCc1c(-c2ccc(F)cc2)nc2ccccn12. The van der Waals surface area contributed by atoms with Gasteiger partial charge in [0.1, 0.15) is 17.2 Å². The van der Waals surface area contributed by atoms with E-state index in [2.05, 4.69) is 21.2 Å². The molecule has 1 N–H and O–H groups in total. The molecule has 0 aliphatic rings. The molecule has 31 heavy (non-hydrogen) atoms. The van der Waals surface area contributed by atoms with Crippen molar-refractivity contribution < 1.29 is 13.9 Å². The molecule has 2 heterocycles. The predicted molar refractivity (Wildman–Crippen MR) is 121 cm³/mol. The predicted octanol–water partition coefficient (Wildman–Crippen LogP) is 5.16. The van der Waals surface area contributed by atoms with E-state index in [1.54, 1.807) is 19.2 Å². The number of amides is 1. The molecule has 158 valence electrons. The Labute approximate surface area is 188 Å². The lowest BCUT2D eigenvalue weighted by atomic mass is 10.1. The van der Waals surface area contributed by atoms with Crippen molar-refractivity contribution in [2.24, 2.45) is 0 Å². The molecule has 2 aromatic heterocycles. The highest BCUT2D eigenvalue weighted by Gasteiger charge is 2.15. The number of fused-ring (bicyclic) bond motifs is 1. The summed E-state index contributed by atoms with van der Waals surface area (Å²) >= 11 is 3.45. The van der Waals surface area contributed by atoms with Crippen LogP contribution in [0.15, 0.2) is 71.3 Å². The third-order valence-corrected chi connectivity index (χ3v) is 5.55. The van der Waals surface area contributed by atoms with Crippen LogP contribution in [0.5, 0.6) is 5.75 Å². The van der Waals surface area contributed by atoms with Crippen LogP contribution in [0.4, 0.5) is 4.39 Å². The molecule has 0 saturated carbocycles. The summed E-state index contributed by atoms with van der Waals surface area (Å²) in [6.45, 7) is 0.374. The molecule has 0 saturated heterocycles. The second-order valence-electron chi connectivity index (χ2n) is 7.08. The van der Waals surface area contributed by atoms with E-state index in [9.17, 15) is 9.18 Å². The van der Waals surface area contributed by atoms with Crippen molar-refractivity contribution in [3.8, 4) is 17.0 Å².